The largest absolute Gasteiger partial charge is 0.0825 e. The maximum absolute atomic E-state index is 2.54. The second-order valence-electron chi connectivity index (χ2n) is 6.68. The van der Waals surface area contributed by atoms with Crippen LogP contribution in [0, 0.1) is 23.2 Å². The molecule has 0 heteroatoms. The third-order valence-corrected chi connectivity index (χ3v) is 4.31. The highest BCUT2D eigenvalue weighted by Gasteiger charge is 2.45. The molecule has 0 aromatic rings. The topological polar surface area (TPSA) is 0 Å². The third kappa shape index (κ3) is 3.12. The van der Waals surface area contributed by atoms with Crippen molar-refractivity contribution < 1.29 is 0 Å². The van der Waals surface area contributed by atoms with E-state index in [9.17, 15) is 0 Å². The highest BCUT2D eigenvalue weighted by molar-refractivity contribution is 5.15. The molecule has 1 fully saturated rings. The summed E-state index contributed by atoms with van der Waals surface area (Å²) in [5, 5.41) is 0. The van der Waals surface area contributed by atoms with E-state index >= 15 is 0 Å². The van der Waals surface area contributed by atoms with Crippen LogP contribution in [0.15, 0.2) is 11.6 Å². The molecule has 0 aromatic carbocycles. The Bertz CT molecular complexity index is 247. The Kier molecular flexibility index (Phi) is 4.64. The Morgan fingerprint density at radius 1 is 1.44 bits per heavy atom. The average Bonchev–Trinajstić information content (AvgIpc) is 2.12. The lowest BCUT2D eigenvalue weighted by Gasteiger charge is -2.51. The molecule has 1 aliphatic carbocycles. The van der Waals surface area contributed by atoms with Crippen molar-refractivity contribution in [2.24, 2.45) is 23.2 Å². The summed E-state index contributed by atoms with van der Waals surface area (Å²) in [6, 6.07) is 0. The summed E-state index contributed by atoms with van der Waals surface area (Å²) in [6.45, 7) is 14.3. The minimum absolute atomic E-state index is 0.546. The van der Waals surface area contributed by atoms with Crippen molar-refractivity contribution in [1.29, 1.82) is 0 Å². The number of hydrogen-bond acceptors (Lipinski definition) is 0. The van der Waals surface area contributed by atoms with Gasteiger partial charge >= 0.3 is 0 Å². The molecule has 16 heavy (non-hydrogen) atoms. The highest BCUT2D eigenvalue weighted by Crippen LogP contribution is 2.53. The number of allylic oxidation sites excluding steroid dienone is 2. The van der Waals surface area contributed by atoms with E-state index in [-0.39, 0.29) is 0 Å². The first-order valence-corrected chi connectivity index (χ1v) is 7.06. The molecule has 1 rings (SSSR count). The van der Waals surface area contributed by atoms with Gasteiger partial charge in [-0.05, 0) is 42.9 Å². The van der Waals surface area contributed by atoms with Crippen LogP contribution < -0.4 is 0 Å². The number of hydrogen-bond donors (Lipinski definition) is 0. The summed E-state index contributed by atoms with van der Waals surface area (Å²) < 4.78 is 0. The van der Waals surface area contributed by atoms with E-state index in [2.05, 4.69) is 47.6 Å². The number of unbranched alkanes of at least 4 members (excludes halogenated alkanes) is 1. The molecule has 0 amide bonds. The van der Waals surface area contributed by atoms with Crippen molar-refractivity contribution in [1.82, 2.24) is 0 Å². The van der Waals surface area contributed by atoms with E-state index in [1.54, 1.807) is 5.57 Å². The molecule has 0 aromatic heterocycles. The summed E-state index contributed by atoms with van der Waals surface area (Å²) in [6.07, 6.45) is 7.98. The SMILES string of the molecule is CCCCC(C)C=C(C)C1C(C)CC1(C)C. The van der Waals surface area contributed by atoms with Crippen LogP contribution in [0.25, 0.3) is 0 Å². The maximum Gasteiger partial charge on any atom is -0.0129 e. The summed E-state index contributed by atoms with van der Waals surface area (Å²) in [5.74, 6) is 2.49. The second kappa shape index (κ2) is 5.38. The van der Waals surface area contributed by atoms with Gasteiger partial charge in [0.1, 0.15) is 0 Å². The Labute approximate surface area is 103 Å². The normalized spacial score (nSPS) is 31.0. The van der Waals surface area contributed by atoms with Gasteiger partial charge in [-0.3, -0.25) is 0 Å². The van der Waals surface area contributed by atoms with E-state index in [0.717, 1.165) is 17.8 Å². The van der Waals surface area contributed by atoms with E-state index in [4.69, 9.17) is 0 Å². The van der Waals surface area contributed by atoms with Crippen molar-refractivity contribution in [3.8, 4) is 0 Å². The van der Waals surface area contributed by atoms with Gasteiger partial charge in [0, 0.05) is 0 Å². The van der Waals surface area contributed by atoms with Gasteiger partial charge in [0.05, 0.1) is 0 Å². The van der Waals surface area contributed by atoms with E-state index < -0.39 is 0 Å². The Morgan fingerprint density at radius 2 is 2.06 bits per heavy atom. The molecule has 0 saturated heterocycles. The highest BCUT2D eigenvalue weighted by atomic mass is 14.5. The molecule has 94 valence electrons. The van der Waals surface area contributed by atoms with Gasteiger partial charge in [-0.1, -0.05) is 59.1 Å². The molecule has 0 heterocycles. The molecule has 3 atom stereocenters. The van der Waals surface area contributed by atoms with Crippen LogP contribution in [0.2, 0.25) is 0 Å². The first-order valence-electron chi connectivity index (χ1n) is 7.06. The molecule has 0 aliphatic heterocycles. The third-order valence-electron chi connectivity index (χ3n) is 4.31. The molecule has 0 N–H and O–H groups in total. The predicted octanol–water partition coefficient (Wildman–Crippen LogP) is 5.44. The second-order valence-corrected chi connectivity index (χ2v) is 6.68. The van der Waals surface area contributed by atoms with Gasteiger partial charge in [0.15, 0.2) is 0 Å². The van der Waals surface area contributed by atoms with E-state index in [1.165, 1.54) is 25.7 Å². The van der Waals surface area contributed by atoms with Gasteiger partial charge < -0.3 is 0 Å². The monoisotopic (exact) mass is 222 g/mol. The lowest BCUT2D eigenvalue weighted by molar-refractivity contribution is 0.0285. The molecule has 0 spiro atoms. The van der Waals surface area contributed by atoms with E-state index in [0.29, 0.717) is 5.41 Å². The minimum atomic E-state index is 0.546. The van der Waals surface area contributed by atoms with Crippen molar-refractivity contribution in [2.75, 3.05) is 0 Å². The van der Waals surface area contributed by atoms with Crippen LogP contribution in [0.5, 0.6) is 0 Å². The maximum atomic E-state index is 2.54. The fourth-order valence-corrected chi connectivity index (χ4v) is 3.91. The molecule has 0 bridgehead atoms. The van der Waals surface area contributed by atoms with Crippen molar-refractivity contribution >= 4 is 0 Å². The molecule has 0 nitrogen and oxygen atoms in total. The van der Waals surface area contributed by atoms with Crippen LogP contribution in [0.4, 0.5) is 0 Å². The molecule has 0 radical (unpaired) electrons. The smallest absolute Gasteiger partial charge is 0.0129 e. The van der Waals surface area contributed by atoms with Crippen LogP contribution in [0.1, 0.15) is 67.2 Å². The standard InChI is InChI=1S/C16H30/c1-7-8-9-12(2)10-13(3)15-14(4)11-16(15,5)6/h10,12,14-15H,7-9,11H2,1-6H3. The van der Waals surface area contributed by atoms with Gasteiger partial charge in [-0.25, -0.2) is 0 Å². The van der Waals surface area contributed by atoms with Crippen molar-refractivity contribution in [2.45, 2.75) is 67.2 Å². The van der Waals surface area contributed by atoms with Crippen LogP contribution in [-0.2, 0) is 0 Å². The van der Waals surface area contributed by atoms with Crippen LogP contribution in [-0.4, -0.2) is 0 Å². The van der Waals surface area contributed by atoms with Crippen molar-refractivity contribution in [3.05, 3.63) is 11.6 Å². The fraction of sp³-hybridized carbons (Fsp3) is 0.875. The molecular weight excluding hydrogens is 192 g/mol. The summed E-state index contributed by atoms with van der Waals surface area (Å²) >= 11 is 0. The summed E-state index contributed by atoms with van der Waals surface area (Å²) in [7, 11) is 0. The molecule has 3 unspecified atom stereocenters. The Morgan fingerprint density at radius 3 is 2.50 bits per heavy atom. The fourth-order valence-electron chi connectivity index (χ4n) is 3.91. The van der Waals surface area contributed by atoms with Crippen LogP contribution in [0.3, 0.4) is 0 Å². The Balaban J connectivity index is 2.55. The minimum Gasteiger partial charge on any atom is -0.0825 e. The average molecular weight is 222 g/mol. The lowest BCUT2D eigenvalue weighted by atomic mass is 9.54. The first kappa shape index (κ1) is 13.8. The van der Waals surface area contributed by atoms with Crippen LogP contribution >= 0.6 is 0 Å². The molecule has 1 aliphatic rings. The van der Waals surface area contributed by atoms with Gasteiger partial charge in [-0.2, -0.15) is 0 Å². The quantitative estimate of drug-likeness (QED) is 0.543. The number of rotatable bonds is 5. The van der Waals surface area contributed by atoms with E-state index in [1.807, 2.05) is 0 Å². The van der Waals surface area contributed by atoms with Gasteiger partial charge in [0.25, 0.3) is 0 Å². The predicted molar refractivity (Wildman–Crippen MR) is 73.5 cm³/mol. The Hall–Kier alpha value is -0.260. The molecular formula is C16H30. The molecule has 1 saturated carbocycles. The zero-order valence-electron chi connectivity index (χ0n) is 12.1. The first-order chi connectivity index (χ1) is 7.38. The van der Waals surface area contributed by atoms with Crippen molar-refractivity contribution in [3.63, 3.8) is 0 Å². The summed E-state index contributed by atoms with van der Waals surface area (Å²) in [4.78, 5) is 0. The van der Waals surface area contributed by atoms with Gasteiger partial charge in [-0.15, -0.1) is 0 Å². The zero-order chi connectivity index (χ0) is 12.3. The summed E-state index contributed by atoms with van der Waals surface area (Å²) in [5.41, 5.74) is 2.19. The lowest BCUT2D eigenvalue weighted by Crippen LogP contribution is -2.43. The zero-order valence-corrected chi connectivity index (χ0v) is 12.1. The van der Waals surface area contributed by atoms with Gasteiger partial charge in [0.2, 0.25) is 0 Å².